The molecule has 8 heteroatoms. The van der Waals surface area contributed by atoms with Crippen LogP contribution in [0.3, 0.4) is 0 Å². The number of nitrogens with one attached hydrogen (secondary N) is 3. The molecule has 1 aliphatic carbocycles. The van der Waals surface area contributed by atoms with Crippen molar-refractivity contribution in [3.63, 3.8) is 0 Å². The van der Waals surface area contributed by atoms with Gasteiger partial charge in [-0.05, 0) is 38.0 Å². The van der Waals surface area contributed by atoms with Gasteiger partial charge < -0.3 is 15.4 Å². The van der Waals surface area contributed by atoms with E-state index in [-0.39, 0.29) is 5.96 Å². The lowest BCUT2D eigenvalue weighted by atomic mass is 9.86. The van der Waals surface area contributed by atoms with Gasteiger partial charge >= 0.3 is 0 Å². The average molecular weight is 378 g/mol. The fraction of sp³-hybridized carbons (Fsp3) is 0.611. The van der Waals surface area contributed by atoms with Crippen LogP contribution in [0.15, 0.2) is 18.2 Å². The lowest BCUT2D eigenvalue weighted by molar-refractivity contribution is 0.303. The number of guanidine groups is 1. The fourth-order valence-electron chi connectivity index (χ4n) is 4.43. The predicted molar refractivity (Wildman–Crippen MR) is 101 cm³/mol. The molecule has 7 nitrogen and oxygen atoms in total. The molecular formula is C18H26N4O3S. The van der Waals surface area contributed by atoms with Gasteiger partial charge in [0.05, 0.1) is 12.1 Å². The van der Waals surface area contributed by atoms with E-state index in [1.165, 1.54) is 19.9 Å². The Morgan fingerprint density at radius 2 is 2.04 bits per heavy atom. The van der Waals surface area contributed by atoms with Crippen molar-refractivity contribution >= 4 is 21.7 Å². The minimum absolute atomic E-state index is 0.106. The summed E-state index contributed by atoms with van der Waals surface area (Å²) in [5.74, 6) is 0.581. The summed E-state index contributed by atoms with van der Waals surface area (Å²) in [5.41, 5.74) is 0.872. The van der Waals surface area contributed by atoms with E-state index in [9.17, 15) is 8.42 Å². The van der Waals surface area contributed by atoms with Crippen LogP contribution in [0.2, 0.25) is 0 Å². The zero-order valence-corrected chi connectivity index (χ0v) is 16.0. The summed E-state index contributed by atoms with van der Waals surface area (Å²) >= 11 is 0. The van der Waals surface area contributed by atoms with Crippen molar-refractivity contribution in [1.29, 1.82) is 5.41 Å². The zero-order chi connectivity index (χ0) is 18.5. The van der Waals surface area contributed by atoms with Crippen molar-refractivity contribution < 1.29 is 13.2 Å². The number of hydrogen-bond donors (Lipinski definition) is 3. The molecule has 2 fully saturated rings. The summed E-state index contributed by atoms with van der Waals surface area (Å²) < 4.78 is 32.8. The van der Waals surface area contributed by atoms with Gasteiger partial charge in [-0.1, -0.05) is 12.8 Å². The highest BCUT2D eigenvalue weighted by Crippen LogP contribution is 2.43. The molecule has 1 saturated carbocycles. The maximum atomic E-state index is 13.0. The van der Waals surface area contributed by atoms with Crippen LogP contribution in [-0.4, -0.2) is 43.6 Å². The molecule has 0 bridgehead atoms. The number of hydrogen-bond acceptors (Lipinski definition) is 5. The molecule has 3 aliphatic rings. The summed E-state index contributed by atoms with van der Waals surface area (Å²) in [6.45, 7) is 2.20. The number of ether oxygens (including phenoxy) is 1. The number of rotatable bonds is 2. The third-order valence-electron chi connectivity index (χ3n) is 5.98. The van der Waals surface area contributed by atoms with Crippen LogP contribution in [0.5, 0.6) is 5.75 Å². The molecule has 2 atom stereocenters. The molecule has 1 saturated heterocycles. The molecule has 0 radical (unpaired) electrons. The number of nitrogens with zero attached hydrogens (tertiary/aromatic N) is 1. The van der Waals surface area contributed by atoms with E-state index >= 15 is 0 Å². The molecule has 0 aromatic heterocycles. The van der Waals surface area contributed by atoms with E-state index in [2.05, 4.69) is 10.6 Å². The SMILES string of the molecule is CN1C(=N)N[C@]2(C)c3cc(NC4CCCC4)ccc3OCCC2S1(=O)=O. The average Bonchev–Trinajstić information content (AvgIpc) is 3.05. The molecule has 2 aliphatic heterocycles. The van der Waals surface area contributed by atoms with E-state index < -0.39 is 20.8 Å². The van der Waals surface area contributed by atoms with Gasteiger partial charge in [0.15, 0.2) is 0 Å². The van der Waals surface area contributed by atoms with Crippen LogP contribution in [0.25, 0.3) is 0 Å². The smallest absolute Gasteiger partial charge is 0.242 e. The highest BCUT2D eigenvalue weighted by Gasteiger charge is 2.53. The Hall–Kier alpha value is -1.96. The first-order valence-corrected chi connectivity index (χ1v) is 10.7. The van der Waals surface area contributed by atoms with Crippen molar-refractivity contribution in [1.82, 2.24) is 9.62 Å². The molecule has 0 spiro atoms. The number of anilines is 1. The second-order valence-corrected chi connectivity index (χ2v) is 9.80. The number of fused-ring (bicyclic) bond motifs is 3. The van der Waals surface area contributed by atoms with Gasteiger partial charge in [0.25, 0.3) is 0 Å². The summed E-state index contributed by atoms with van der Waals surface area (Å²) in [6.07, 6.45) is 5.19. The Bertz CT molecular complexity index is 835. The quantitative estimate of drug-likeness (QED) is 0.733. The van der Waals surface area contributed by atoms with Crippen LogP contribution >= 0.6 is 0 Å². The first kappa shape index (κ1) is 17.5. The Morgan fingerprint density at radius 1 is 1.31 bits per heavy atom. The predicted octanol–water partition coefficient (Wildman–Crippen LogP) is 2.21. The third kappa shape index (κ3) is 2.62. The first-order valence-electron chi connectivity index (χ1n) is 9.21. The molecule has 0 amide bonds. The summed E-state index contributed by atoms with van der Waals surface area (Å²) in [5, 5.41) is 14.1. The van der Waals surface area contributed by atoms with Crippen LogP contribution in [0.1, 0.15) is 44.6 Å². The van der Waals surface area contributed by atoms with E-state index in [1.807, 2.05) is 25.1 Å². The third-order valence-corrected chi connectivity index (χ3v) is 8.35. The molecule has 3 N–H and O–H groups in total. The Morgan fingerprint density at radius 3 is 2.77 bits per heavy atom. The first-order chi connectivity index (χ1) is 12.3. The molecule has 1 aromatic rings. The maximum absolute atomic E-state index is 13.0. The molecule has 1 aromatic carbocycles. The van der Waals surface area contributed by atoms with Crippen molar-refractivity contribution in [2.75, 3.05) is 19.0 Å². The zero-order valence-electron chi connectivity index (χ0n) is 15.2. The number of sulfonamides is 1. The summed E-state index contributed by atoms with van der Waals surface area (Å²) in [7, 11) is -2.20. The molecule has 142 valence electrons. The van der Waals surface area contributed by atoms with Gasteiger partial charge in [-0.15, -0.1) is 0 Å². The monoisotopic (exact) mass is 378 g/mol. The van der Waals surface area contributed by atoms with Crippen molar-refractivity contribution in [3.05, 3.63) is 23.8 Å². The largest absolute Gasteiger partial charge is 0.493 e. The minimum atomic E-state index is -3.63. The van der Waals surface area contributed by atoms with Gasteiger partial charge in [-0.2, -0.15) is 0 Å². The Kier molecular flexibility index (Phi) is 4.06. The topological polar surface area (TPSA) is 94.5 Å². The maximum Gasteiger partial charge on any atom is 0.242 e. The molecular weight excluding hydrogens is 352 g/mol. The second kappa shape index (κ2) is 6.04. The van der Waals surface area contributed by atoms with E-state index in [1.54, 1.807) is 0 Å². The summed E-state index contributed by atoms with van der Waals surface area (Å²) in [6, 6.07) is 6.37. The van der Waals surface area contributed by atoms with E-state index in [0.717, 1.165) is 28.4 Å². The fourth-order valence-corrected chi connectivity index (χ4v) is 6.29. The Labute approximate surface area is 154 Å². The van der Waals surface area contributed by atoms with E-state index in [0.29, 0.717) is 24.8 Å². The van der Waals surface area contributed by atoms with Crippen LogP contribution < -0.4 is 15.4 Å². The van der Waals surface area contributed by atoms with Gasteiger partial charge in [0, 0.05) is 30.8 Å². The number of benzene rings is 1. The highest BCUT2D eigenvalue weighted by molar-refractivity contribution is 7.90. The van der Waals surface area contributed by atoms with Crippen LogP contribution in [-0.2, 0) is 15.6 Å². The van der Waals surface area contributed by atoms with Crippen molar-refractivity contribution in [2.24, 2.45) is 0 Å². The standard InChI is InChI=1S/C18H26N4O3S/c1-18-14-11-13(20-12-5-3-4-6-12)7-8-15(14)25-10-9-16(18)26(23,24)22(2)17(19)21-18/h7-8,11-12,16,20H,3-6,9-10H2,1-2H3,(H2,19,21)/t16?,18-/m1/s1. The lowest BCUT2D eigenvalue weighted by Crippen LogP contribution is -2.65. The second-order valence-electron chi connectivity index (χ2n) is 7.65. The van der Waals surface area contributed by atoms with Gasteiger partial charge in [-0.3, -0.25) is 5.41 Å². The van der Waals surface area contributed by atoms with E-state index in [4.69, 9.17) is 10.1 Å². The van der Waals surface area contributed by atoms with Gasteiger partial charge in [-0.25, -0.2) is 12.7 Å². The lowest BCUT2D eigenvalue weighted by Gasteiger charge is -2.45. The Balaban J connectivity index is 1.77. The molecule has 1 unspecified atom stereocenters. The summed E-state index contributed by atoms with van der Waals surface area (Å²) in [4.78, 5) is 0. The van der Waals surface area contributed by atoms with Gasteiger partial charge in [0.2, 0.25) is 16.0 Å². The molecule has 26 heavy (non-hydrogen) atoms. The molecule has 4 rings (SSSR count). The van der Waals surface area contributed by atoms with Crippen LogP contribution in [0.4, 0.5) is 5.69 Å². The highest BCUT2D eigenvalue weighted by atomic mass is 32.2. The van der Waals surface area contributed by atoms with Gasteiger partial charge in [0.1, 0.15) is 11.0 Å². The van der Waals surface area contributed by atoms with Crippen molar-refractivity contribution in [3.8, 4) is 5.75 Å². The normalized spacial score (nSPS) is 30.6. The molecule has 2 heterocycles. The van der Waals surface area contributed by atoms with Crippen molar-refractivity contribution in [2.45, 2.75) is 55.9 Å². The van der Waals surface area contributed by atoms with Crippen LogP contribution in [0, 0.1) is 5.41 Å². The minimum Gasteiger partial charge on any atom is -0.493 e.